The summed E-state index contributed by atoms with van der Waals surface area (Å²) < 4.78 is 0. The second-order valence-electron chi connectivity index (χ2n) is 9.56. The van der Waals surface area contributed by atoms with Crippen molar-refractivity contribution < 1.29 is 0 Å². The lowest BCUT2D eigenvalue weighted by atomic mass is 9.99. The predicted octanol–water partition coefficient (Wildman–Crippen LogP) is 10.1. The van der Waals surface area contributed by atoms with E-state index >= 15 is 0 Å². The van der Waals surface area contributed by atoms with Crippen molar-refractivity contribution >= 4 is 17.0 Å². The van der Waals surface area contributed by atoms with Crippen LogP contribution in [0.15, 0.2) is 0 Å². The van der Waals surface area contributed by atoms with E-state index < -0.39 is 0 Å². The maximum Gasteiger partial charge on any atom is 0.00891 e. The normalized spacial score (nSPS) is 11.4. The van der Waals surface area contributed by atoms with Gasteiger partial charge < -0.3 is 4.90 Å². The van der Waals surface area contributed by atoms with Crippen molar-refractivity contribution in [1.82, 2.24) is 4.90 Å². The van der Waals surface area contributed by atoms with Crippen molar-refractivity contribution in [2.24, 2.45) is 0 Å². The fraction of sp³-hybridized carbons (Fsp3) is 1.00. The monoisotopic (exact) mass is 475 g/mol. The number of hydrogen-bond acceptors (Lipinski definition) is 1. The highest BCUT2D eigenvalue weighted by Crippen LogP contribution is 2.18. The van der Waals surface area contributed by atoms with Crippen LogP contribution in [0, 0.1) is 0 Å². The second-order valence-corrected chi connectivity index (χ2v) is 9.56. The molecule has 0 radical (unpaired) electrons. The Morgan fingerprint density at radius 3 is 0.897 bits per heavy atom. The van der Waals surface area contributed by atoms with Crippen molar-refractivity contribution in [1.29, 1.82) is 0 Å². The fourth-order valence-corrected chi connectivity index (χ4v) is 4.40. The van der Waals surface area contributed by atoms with E-state index in [0.717, 1.165) is 6.04 Å². The lowest BCUT2D eigenvalue weighted by Gasteiger charge is -2.24. The standard InChI is InChI=1S/C27H57N.BrH/c1-5-7-9-11-13-15-17-19-21-23-25-27(28(3)4)26-24-22-20-18-16-14-12-10-8-6-2;/h27H,5-26H2,1-4H3;1H. The van der Waals surface area contributed by atoms with Crippen LogP contribution in [0.25, 0.3) is 0 Å². The summed E-state index contributed by atoms with van der Waals surface area (Å²) in [5.41, 5.74) is 0. The first-order valence-electron chi connectivity index (χ1n) is 13.4. The van der Waals surface area contributed by atoms with E-state index in [0.29, 0.717) is 0 Å². The van der Waals surface area contributed by atoms with Gasteiger partial charge in [-0.2, -0.15) is 0 Å². The number of nitrogens with zero attached hydrogens (tertiary/aromatic N) is 1. The third kappa shape index (κ3) is 24.6. The summed E-state index contributed by atoms with van der Waals surface area (Å²) in [5, 5.41) is 0. The molecule has 0 aliphatic rings. The molecule has 0 saturated carbocycles. The molecule has 0 heterocycles. The van der Waals surface area contributed by atoms with Gasteiger partial charge in [0.25, 0.3) is 0 Å². The summed E-state index contributed by atoms with van der Waals surface area (Å²) >= 11 is 0. The molecular weight excluding hydrogens is 418 g/mol. The minimum Gasteiger partial charge on any atom is -0.306 e. The Hall–Kier alpha value is 0.440. The van der Waals surface area contributed by atoms with Gasteiger partial charge in [-0.25, -0.2) is 0 Å². The largest absolute Gasteiger partial charge is 0.306 e. The SMILES string of the molecule is Br.CCCCCCCCCCCCC(CCCCCCCCCCCC)N(C)C. The summed E-state index contributed by atoms with van der Waals surface area (Å²) in [6.07, 6.45) is 31.8. The third-order valence-corrected chi connectivity index (χ3v) is 6.51. The van der Waals surface area contributed by atoms with Gasteiger partial charge >= 0.3 is 0 Å². The Morgan fingerprint density at radius 2 is 0.655 bits per heavy atom. The van der Waals surface area contributed by atoms with Crippen LogP contribution in [0.1, 0.15) is 155 Å². The molecule has 0 aromatic rings. The van der Waals surface area contributed by atoms with E-state index in [9.17, 15) is 0 Å². The smallest absolute Gasteiger partial charge is 0.00891 e. The predicted molar refractivity (Wildman–Crippen MR) is 141 cm³/mol. The van der Waals surface area contributed by atoms with Gasteiger partial charge in [0.05, 0.1) is 0 Å². The van der Waals surface area contributed by atoms with Gasteiger partial charge in [-0.05, 0) is 26.9 Å². The van der Waals surface area contributed by atoms with Crippen molar-refractivity contribution in [3.8, 4) is 0 Å². The van der Waals surface area contributed by atoms with E-state index in [4.69, 9.17) is 0 Å². The fourth-order valence-electron chi connectivity index (χ4n) is 4.40. The zero-order valence-electron chi connectivity index (χ0n) is 21.0. The highest BCUT2D eigenvalue weighted by atomic mass is 79.9. The van der Waals surface area contributed by atoms with Gasteiger partial charge in [0.2, 0.25) is 0 Å². The van der Waals surface area contributed by atoms with Crippen LogP contribution in [0.4, 0.5) is 0 Å². The van der Waals surface area contributed by atoms with Gasteiger partial charge in [0.1, 0.15) is 0 Å². The molecule has 0 rings (SSSR count). The van der Waals surface area contributed by atoms with Crippen LogP contribution in [-0.2, 0) is 0 Å². The number of hydrogen-bond donors (Lipinski definition) is 0. The van der Waals surface area contributed by atoms with E-state index in [2.05, 4.69) is 32.8 Å². The summed E-state index contributed by atoms with van der Waals surface area (Å²) in [6.45, 7) is 4.61. The molecule has 0 bridgehead atoms. The molecule has 0 spiro atoms. The Morgan fingerprint density at radius 1 is 0.414 bits per heavy atom. The molecule has 0 aliphatic heterocycles. The zero-order valence-corrected chi connectivity index (χ0v) is 22.7. The average molecular weight is 477 g/mol. The van der Waals surface area contributed by atoms with E-state index in [-0.39, 0.29) is 17.0 Å². The highest BCUT2D eigenvalue weighted by molar-refractivity contribution is 8.93. The Bertz CT molecular complexity index is 256. The lowest BCUT2D eigenvalue weighted by molar-refractivity contribution is 0.251. The summed E-state index contributed by atoms with van der Waals surface area (Å²) in [7, 11) is 4.58. The molecule has 29 heavy (non-hydrogen) atoms. The van der Waals surface area contributed by atoms with Gasteiger partial charge in [-0.1, -0.05) is 142 Å². The molecule has 0 aromatic heterocycles. The molecule has 2 heteroatoms. The topological polar surface area (TPSA) is 3.24 Å². The molecule has 0 unspecified atom stereocenters. The average Bonchev–Trinajstić information content (AvgIpc) is 2.68. The summed E-state index contributed by atoms with van der Waals surface area (Å²) in [6, 6.07) is 0.822. The van der Waals surface area contributed by atoms with Crippen molar-refractivity contribution in [3.63, 3.8) is 0 Å². The molecule has 0 atom stereocenters. The van der Waals surface area contributed by atoms with Crippen LogP contribution in [-0.4, -0.2) is 25.0 Å². The Labute approximate surface area is 197 Å². The quantitative estimate of drug-likeness (QED) is 0.133. The van der Waals surface area contributed by atoms with Gasteiger partial charge in [-0.3, -0.25) is 0 Å². The molecular formula is C27H58BrN. The first kappa shape index (κ1) is 31.6. The van der Waals surface area contributed by atoms with Crippen molar-refractivity contribution in [3.05, 3.63) is 0 Å². The van der Waals surface area contributed by atoms with Gasteiger partial charge in [0.15, 0.2) is 0 Å². The maximum atomic E-state index is 2.49. The van der Waals surface area contributed by atoms with Gasteiger partial charge in [0, 0.05) is 6.04 Å². The molecule has 0 N–H and O–H groups in total. The minimum atomic E-state index is 0. The van der Waals surface area contributed by atoms with E-state index in [1.165, 1.54) is 141 Å². The van der Waals surface area contributed by atoms with Crippen LogP contribution in [0.2, 0.25) is 0 Å². The summed E-state index contributed by atoms with van der Waals surface area (Å²) in [5.74, 6) is 0. The Balaban J connectivity index is 0. The molecule has 0 aromatic carbocycles. The van der Waals surface area contributed by atoms with E-state index in [1.807, 2.05) is 0 Å². The molecule has 0 fully saturated rings. The van der Waals surface area contributed by atoms with Crippen molar-refractivity contribution in [2.75, 3.05) is 14.1 Å². The zero-order chi connectivity index (χ0) is 20.7. The second kappa shape index (κ2) is 26.5. The molecule has 1 nitrogen and oxygen atoms in total. The number of halogens is 1. The van der Waals surface area contributed by atoms with Crippen LogP contribution < -0.4 is 0 Å². The van der Waals surface area contributed by atoms with Gasteiger partial charge in [-0.15, -0.1) is 17.0 Å². The van der Waals surface area contributed by atoms with Crippen molar-refractivity contribution in [2.45, 2.75) is 161 Å². The number of rotatable bonds is 23. The molecule has 178 valence electrons. The first-order valence-corrected chi connectivity index (χ1v) is 13.4. The first-order chi connectivity index (χ1) is 13.7. The van der Waals surface area contributed by atoms with E-state index in [1.54, 1.807) is 0 Å². The Kier molecular flexibility index (Phi) is 28.9. The maximum absolute atomic E-state index is 2.49. The third-order valence-electron chi connectivity index (χ3n) is 6.51. The number of unbranched alkanes of at least 4 members (excludes halogenated alkanes) is 18. The highest BCUT2D eigenvalue weighted by Gasteiger charge is 2.10. The molecule has 0 aliphatic carbocycles. The van der Waals surface area contributed by atoms with Crippen LogP contribution in [0.3, 0.4) is 0 Å². The minimum absolute atomic E-state index is 0. The van der Waals surface area contributed by atoms with Crippen LogP contribution in [0.5, 0.6) is 0 Å². The molecule has 0 saturated heterocycles. The summed E-state index contributed by atoms with van der Waals surface area (Å²) in [4.78, 5) is 2.49. The molecule has 0 amide bonds. The van der Waals surface area contributed by atoms with Crippen LogP contribution >= 0.6 is 17.0 Å². The lowest BCUT2D eigenvalue weighted by Crippen LogP contribution is -2.27.